The molecule has 2 aromatic rings. The zero-order valence-corrected chi connectivity index (χ0v) is 15.1. The predicted octanol–water partition coefficient (Wildman–Crippen LogP) is 1.85. The van der Waals surface area contributed by atoms with E-state index in [9.17, 15) is 19.7 Å². The molecule has 0 unspecified atom stereocenters. The lowest BCUT2D eigenvalue weighted by molar-refractivity contribution is -0.384. The Bertz CT molecular complexity index is 855. The predicted molar refractivity (Wildman–Crippen MR) is 97.9 cm³/mol. The van der Waals surface area contributed by atoms with E-state index in [0.29, 0.717) is 37.4 Å². The number of nitrogens with zero attached hydrogens (tertiary/aromatic N) is 4. The maximum absolute atomic E-state index is 13.0. The quantitative estimate of drug-likeness (QED) is 0.600. The minimum absolute atomic E-state index is 0.127. The van der Waals surface area contributed by atoms with E-state index in [2.05, 4.69) is 0 Å². The van der Waals surface area contributed by atoms with Crippen LogP contribution in [-0.2, 0) is 0 Å². The van der Waals surface area contributed by atoms with Gasteiger partial charge in [0.05, 0.1) is 22.3 Å². The van der Waals surface area contributed by atoms with Gasteiger partial charge in [0.2, 0.25) is 0 Å². The molecule has 0 atom stereocenters. The van der Waals surface area contributed by atoms with Gasteiger partial charge in [-0.2, -0.15) is 0 Å². The number of benzene rings is 1. The highest BCUT2D eigenvalue weighted by Gasteiger charge is 2.28. The molecule has 9 nitrogen and oxygen atoms in total. The van der Waals surface area contributed by atoms with Crippen LogP contribution in [0.3, 0.4) is 0 Å². The molecule has 1 aromatic heterocycles. The minimum Gasteiger partial charge on any atom is -0.472 e. The average Bonchev–Trinajstić information content (AvgIpc) is 3.21. The van der Waals surface area contributed by atoms with E-state index in [1.54, 1.807) is 40.9 Å². The first kappa shape index (κ1) is 18.4. The Morgan fingerprint density at radius 2 is 1.70 bits per heavy atom. The van der Waals surface area contributed by atoms with E-state index < -0.39 is 4.92 Å². The molecule has 1 aromatic carbocycles. The van der Waals surface area contributed by atoms with Crippen LogP contribution in [0.5, 0.6) is 0 Å². The number of hydrogen-bond acceptors (Lipinski definition) is 6. The fourth-order valence-corrected chi connectivity index (χ4v) is 3.05. The second-order valence-electron chi connectivity index (χ2n) is 6.45. The lowest BCUT2D eigenvalue weighted by Gasteiger charge is -2.35. The van der Waals surface area contributed by atoms with Crippen molar-refractivity contribution >= 4 is 23.2 Å². The summed E-state index contributed by atoms with van der Waals surface area (Å²) in [5, 5.41) is 11.1. The van der Waals surface area contributed by atoms with Gasteiger partial charge in [-0.3, -0.25) is 19.7 Å². The van der Waals surface area contributed by atoms with Gasteiger partial charge < -0.3 is 19.1 Å². The normalized spacial score (nSPS) is 14.1. The number of nitro benzene ring substituents is 1. The fraction of sp³-hybridized carbons (Fsp3) is 0.333. The van der Waals surface area contributed by atoms with Crippen LogP contribution < -0.4 is 4.90 Å². The van der Waals surface area contributed by atoms with Gasteiger partial charge in [0, 0.05) is 58.1 Å². The van der Waals surface area contributed by atoms with Gasteiger partial charge in [-0.1, -0.05) is 0 Å². The van der Waals surface area contributed by atoms with Crippen LogP contribution in [0.2, 0.25) is 0 Å². The van der Waals surface area contributed by atoms with Crippen LogP contribution in [0, 0.1) is 10.1 Å². The number of furan rings is 1. The average molecular weight is 372 g/mol. The zero-order valence-electron chi connectivity index (χ0n) is 15.1. The first-order chi connectivity index (χ1) is 12.9. The molecule has 9 heteroatoms. The number of non-ortho nitro benzene ring substituents is 1. The molecule has 142 valence electrons. The molecule has 0 spiro atoms. The van der Waals surface area contributed by atoms with E-state index >= 15 is 0 Å². The molecule has 1 aliphatic rings. The van der Waals surface area contributed by atoms with Gasteiger partial charge in [0.15, 0.2) is 0 Å². The topological polar surface area (TPSA) is 100 Å². The number of piperazine rings is 1. The molecule has 3 rings (SSSR count). The zero-order chi connectivity index (χ0) is 19.6. The Morgan fingerprint density at radius 3 is 2.22 bits per heavy atom. The summed E-state index contributed by atoms with van der Waals surface area (Å²) in [5.41, 5.74) is 1.24. The number of nitro groups is 1. The molecule has 0 saturated carbocycles. The van der Waals surface area contributed by atoms with Gasteiger partial charge in [0.1, 0.15) is 6.26 Å². The lowest BCUT2D eigenvalue weighted by atomic mass is 10.1. The number of carbonyl (C=O) groups is 2. The van der Waals surface area contributed by atoms with E-state index in [-0.39, 0.29) is 23.1 Å². The molecule has 0 radical (unpaired) electrons. The standard InChI is InChI=1S/C18H20N4O5/c1-19(2)16-4-3-14(22(25)26)11-15(16)18(24)21-8-6-20(7-9-21)17(23)13-5-10-27-12-13/h3-5,10-12H,6-9H2,1-2H3. The van der Waals surface area contributed by atoms with E-state index in [1.807, 2.05) is 0 Å². The van der Waals surface area contributed by atoms with Crippen molar-refractivity contribution in [2.24, 2.45) is 0 Å². The van der Waals surface area contributed by atoms with Gasteiger partial charge in [-0.25, -0.2) is 0 Å². The lowest BCUT2D eigenvalue weighted by Crippen LogP contribution is -2.50. The van der Waals surface area contributed by atoms with Crippen molar-refractivity contribution in [1.29, 1.82) is 0 Å². The number of rotatable bonds is 4. The maximum Gasteiger partial charge on any atom is 0.270 e. The summed E-state index contributed by atoms with van der Waals surface area (Å²) in [6, 6.07) is 5.87. The van der Waals surface area contributed by atoms with Crippen molar-refractivity contribution in [3.8, 4) is 0 Å². The Kier molecular flexibility index (Phi) is 5.11. The molecular formula is C18H20N4O5. The molecule has 2 amide bonds. The molecule has 1 aliphatic heterocycles. The third-order valence-corrected chi connectivity index (χ3v) is 4.53. The summed E-state index contributed by atoms with van der Waals surface area (Å²) in [6.45, 7) is 1.50. The van der Waals surface area contributed by atoms with E-state index in [1.165, 1.54) is 24.7 Å². The van der Waals surface area contributed by atoms with Crippen molar-refractivity contribution < 1.29 is 18.9 Å². The summed E-state index contributed by atoms with van der Waals surface area (Å²) >= 11 is 0. The molecule has 0 aliphatic carbocycles. The van der Waals surface area contributed by atoms with Crippen molar-refractivity contribution in [2.75, 3.05) is 45.2 Å². The number of amides is 2. The second kappa shape index (κ2) is 7.48. The van der Waals surface area contributed by atoms with Crippen LogP contribution in [0.4, 0.5) is 11.4 Å². The van der Waals surface area contributed by atoms with Crippen molar-refractivity contribution in [2.45, 2.75) is 0 Å². The highest BCUT2D eigenvalue weighted by atomic mass is 16.6. The summed E-state index contributed by atoms with van der Waals surface area (Å²) in [5.74, 6) is -0.419. The number of anilines is 1. The number of carbonyl (C=O) groups excluding carboxylic acids is 2. The molecule has 0 N–H and O–H groups in total. The van der Waals surface area contributed by atoms with Crippen LogP contribution in [-0.4, -0.2) is 66.8 Å². The Balaban J connectivity index is 1.75. The van der Waals surface area contributed by atoms with Crippen LogP contribution in [0.15, 0.2) is 41.2 Å². The number of hydrogen-bond donors (Lipinski definition) is 0. The summed E-state index contributed by atoms with van der Waals surface area (Å²) in [4.78, 5) is 40.9. The van der Waals surface area contributed by atoms with Crippen molar-refractivity contribution in [3.05, 3.63) is 58.0 Å². The molecule has 1 fully saturated rings. The Morgan fingerprint density at radius 1 is 1.07 bits per heavy atom. The van der Waals surface area contributed by atoms with Gasteiger partial charge in [-0.15, -0.1) is 0 Å². The largest absolute Gasteiger partial charge is 0.472 e. The summed E-state index contributed by atoms with van der Waals surface area (Å²) in [6.07, 6.45) is 2.84. The highest BCUT2D eigenvalue weighted by Crippen LogP contribution is 2.26. The first-order valence-electron chi connectivity index (χ1n) is 8.45. The van der Waals surface area contributed by atoms with E-state index in [0.717, 1.165) is 0 Å². The Hall–Kier alpha value is -3.36. The summed E-state index contributed by atoms with van der Waals surface area (Å²) < 4.78 is 4.94. The smallest absolute Gasteiger partial charge is 0.270 e. The minimum atomic E-state index is -0.516. The second-order valence-corrected chi connectivity index (χ2v) is 6.45. The molecule has 0 bridgehead atoms. The van der Waals surface area contributed by atoms with Crippen LogP contribution in [0.25, 0.3) is 0 Å². The molecular weight excluding hydrogens is 352 g/mol. The van der Waals surface area contributed by atoms with Gasteiger partial charge in [0.25, 0.3) is 17.5 Å². The Labute approximate surface area is 155 Å². The maximum atomic E-state index is 13.0. The van der Waals surface area contributed by atoms with Gasteiger partial charge >= 0.3 is 0 Å². The third kappa shape index (κ3) is 3.76. The van der Waals surface area contributed by atoms with Gasteiger partial charge in [-0.05, 0) is 12.1 Å². The first-order valence-corrected chi connectivity index (χ1v) is 8.45. The fourth-order valence-electron chi connectivity index (χ4n) is 3.05. The molecule has 1 saturated heterocycles. The monoisotopic (exact) mass is 372 g/mol. The van der Waals surface area contributed by atoms with Crippen molar-refractivity contribution in [1.82, 2.24) is 9.80 Å². The highest BCUT2D eigenvalue weighted by molar-refractivity contribution is 6.01. The van der Waals surface area contributed by atoms with Crippen LogP contribution in [0.1, 0.15) is 20.7 Å². The summed E-state index contributed by atoms with van der Waals surface area (Å²) in [7, 11) is 3.55. The SMILES string of the molecule is CN(C)c1ccc([N+](=O)[O-])cc1C(=O)N1CCN(C(=O)c2ccoc2)CC1. The third-order valence-electron chi connectivity index (χ3n) is 4.53. The van der Waals surface area contributed by atoms with E-state index in [4.69, 9.17) is 4.42 Å². The molecule has 2 heterocycles. The van der Waals surface area contributed by atoms with Crippen molar-refractivity contribution in [3.63, 3.8) is 0 Å². The van der Waals surface area contributed by atoms with Crippen LogP contribution >= 0.6 is 0 Å². The molecule has 27 heavy (non-hydrogen) atoms.